The van der Waals surface area contributed by atoms with Gasteiger partial charge in [0.25, 0.3) is 0 Å². The summed E-state index contributed by atoms with van der Waals surface area (Å²) in [4.78, 5) is -0.183. The van der Waals surface area contributed by atoms with E-state index < -0.39 is 15.8 Å². The maximum absolute atomic E-state index is 13.0. The molecule has 0 atom stereocenters. The van der Waals surface area contributed by atoms with E-state index in [-0.39, 0.29) is 9.92 Å². The van der Waals surface area contributed by atoms with Gasteiger partial charge in [-0.3, -0.25) is 0 Å². The fourth-order valence-corrected chi connectivity index (χ4v) is 3.32. The first kappa shape index (κ1) is 13.4. The van der Waals surface area contributed by atoms with Gasteiger partial charge in [0.05, 0.1) is 5.02 Å². The number of hydrogen-bond acceptors (Lipinski definition) is 2. The molecule has 0 aliphatic rings. The van der Waals surface area contributed by atoms with Crippen LogP contribution in [0.25, 0.3) is 0 Å². The molecular weight excluding hydrogens is 253 g/mol. The van der Waals surface area contributed by atoms with Crippen LogP contribution in [0, 0.1) is 5.82 Å². The van der Waals surface area contributed by atoms with E-state index in [4.69, 9.17) is 11.6 Å². The topological polar surface area (TPSA) is 37.4 Å². The average molecular weight is 266 g/mol. The standard InChI is InChI=1S/C10H13ClFNO2S/c1-3-13(4-2)16(14,15)10-7-8(12)5-6-9(10)11/h5-7H,3-4H2,1-2H3. The van der Waals surface area contributed by atoms with E-state index in [0.717, 1.165) is 12.1 Å². The minimum absolute atomic E-state index is 0.0355. The molecule has 0 unspecified atom stereocenters. The van der Waals surface area contributed by atoms with Crippen molar-refractivity contribution in [2.24, 2.45) is 0 Å². The number of nitrogens with zero attached hydrogens (tertiary/aromatic N) is 1. The summed E-state index contributed by atoms with van der Waals surface area (Å²) >= 11 is 5.77. The van der Waals surface area contributed by atoms with Crippen molar-refractivity contribution in [1.82, 2.24) is 4.31 Å². The molecule has 0 N–H and O–H groups in total. The van der Waals surface area contributed by atoms with Gasteiger partial charge in [-0.1, -0.05) is 25.4 Å². The van der Waals surface area contributed by atoms with Gasteiger partial charge in [-0.05, 0) is 18.2 Å². The van der Waals surface area contributed by atoms with Crippen LogP contribution >= 0.6 is 11.6 Å². The molecule has 0 spiro atoms. The molecule has 1 aromatic rings. The second kappa shape index (κ2) is 5.12. The van der Waals surface area contributed by atoms with Gasteiger partial charge in [0.15, 0.2) is 0 Å². The van der Waals surface area contributed by atoms with E-state index in [2.05, 4.69) is 0 Å². The van der Waals surface area contributed by atoms with Crippen molar-refractivity contribution >= 4 is 21.6 Å². The van der Waals surface area contributed by atoms with Gasteiger partial charge < -0.3 is 0 Å². The van der Waals surface area contributed by atoms with Crippen LogP contribution in [0.4, 0.5) is 4.39 Å². The van der Waals surface area contributed by atoms with E-state index in [1.807, 2.05) is 0 Å². The van der Waals surface area contributed by atoms with Crippen molar-refractivity contribution in [3.05, 3.63) is 29.0 Å². The van der Waals surface area contributed by atoms with E-state index in [9.17, 15) is 12.8 Å². The first-order chi connectivity index (χ1) is 7.43. The second-order valence-electron chi connectivity index (χ2n) is 3.16. The van der Waals surface area contributed by atoms with Crippen LogP contribution in [0.1, 0.15) is 13.8 Å². The minimum Gasteiger partial charge on any atom is -0.207 e. The van der Waals surface area contributed by atoms with Crippen molar-refractivity contribution in [3.63, 3.8) is 0 Å². The van der Waals surface area contributed by atoms with E-state index >= 15 is 0 Å². The number of benzene rings is 1. The maximum atomic E-state index is 13.0. The first-order valence-electron chi connectivity index (χ1n) is 4.88. The third-order valence-electron chi connectivity index (χ3n) is 2.22. The fraction of sp³-hybridized carbons (Fsp3) is 0.400. The highest BCUT2D eigenvalue weighted by molar-refractivity contribution is 7.89. The fourth-order valence-electron chi connectivity index (χ4n) is 1.38. The third kappa shape index (κ3) is 2.53. The molecule has 90 valence electrons. The zero-order valence-electron chi connectivity index (χ0n) is 9.07. The molecule has 0 bridgehead atoms. The summed E-state index contributed by atoms with van der Waals surface area (Å²) in [7, 11) is -3.69. The predicted octanol–water partition coefficient (Wildman–Crippen LogP) is 2.51. The Morgan fingerprint density at radius 2 is 1.88 bits per heavy atom. The molecule has 1 rings (SSSR count). The Bertz CT molecular complexity index is 472. The van der Waals surface area contributed by atoms with Gasteiger partial charge in [0.2, 0.25) is 10.0 Å². The van der Waals surface area contributed by atoms with Crippen molar-refractivity contribution in [2.75, 3.05) is 13.1 Å². The molecule has 0 aliphatic carbocycles. The highest BCUT2D eigenvalue weighted by atomic mass is 35.5. The summed E-state index contributed by atoms with van der Waals surface area (Å²) in [6.45, 7) is 4.08. The minimum atomic E-state index is -3.69. The zero-order chi connectivity index (χ0) is 12.3. The summed E-state index contributed by atoms with van der Waals surface area (Å²) in [6, 6.07) is 3.31. The molecule has 16 heavy (non-hydrogen) atoms. The molecule has 6 heteroatoms. The zero-order valence-corrected chi connectivity index (χ0v) is 10.6. The maximum Gasteiger partial charge on any atom is 0.244 e. The lowest BCUT2D eigenvalue weighted by molar-refractivity contribution is 0.444. The Labute approximate surface area is 99.9 Å². The molecule has 1 aromatic carbocycles. The molecule has 0 amide bonds. The lowest BCUT2D eigenvalue weighted by Gasteiger charge is -2.19. The average Bonchev–Trinajstić information content (AvgIpc) is 2.23. The molecule has 0 heterocycles. The van der Waals surface area contributed by atoms with Crippen LogP contribution in [0.2, 0.25) is 5.02 Å². The Morgan fingerprint density at radius 3 is 2.38 bits per heavy atom. The van der Waals surface area contributed by atoms with Gasteiger partial charge >= 0.3 is 0 Å². The lowest BCUT2D eigenvalue weighted by Crippen LogP contribution is -2.30. The Balaban J connectivity index is 3.31. The quantitative estimate of drug-likeness (QED) is 0.839. The Hall–Kier alpha value is -0.650. The highest BCUT2D eigenvalue weighted by Gasteiger charge is 2.24. The Kier molecular flexibility index (Phi) is 4.29. The van der Waals surface area contributed by atoms with Crippen molar-refractivity contribution in [3.8, 4) is 0 Å². The monoisotopic (exact) mass is 265 g/mol. The first-order valence-corrected chi connectivity index (χ1v) is 6.70. The summed E-state index contributed by atoms with van der Waals surface area (Å²) in [6.07, 6.45) is 0. The van der Waals surface area contributed by atoms with Crippen LogP contribution in [0.5, 0.6) is 0 Å². The van der Waals surface area contributed by atoms with E-state index in [1.165, 1.54) is 10.4 Å². The molecule has 0 aromatic heterocycles. The van der Waals surface area contributed by atoms with Crippen LogP contribution in [0.15, 0.2) is 23.1 Å². The van der Waals surface area contributed by atoms with E-state index in [0.29, 0.717) is 13.1 Å². The number of rotatable bonds is 4. The van der Waals surface area contributed by atoms with E-state index in [1.54, 1.807) is 13.8 Å². The van der Waals surface area contributed by atoms with Crippen molar-refractivity contribution < 1.29 is 12.8 Å². The van der Waals surface area contributed by atoms with Gasteiger partial charge in [0.1, 0.15) is 10.7 Å². The molecule has 3 nitrogen and oxygen atoms in total. The second-order valence-corrected chi connectivity index (χ2v) is 5.48. The van der Waals surface area contributed by atoms with Crippen LogP contribution in [0.3, 0.4) is 0 Å². The molecule has 0 saturated carbocycles. The summed E-state index contributed by atoms with van der Waals surface area (Å²) in [5.41, 5.74) is 0. The molecule has 0 saturated heterocycles. The van der Waals surface area contributed by atoms with Crippen LogP contribution < -0.4 is 0 Å². The normalized spacial score (nSPS) is 12.1. The molecule has 0 radical (unpaired) electrons. The number of halogens is 2. The molecule has 0 aliphatic heterocycles. The molecule has 0 fully saturated rings. The van der Waals surface area contributed by atoms with Gasteiger partial charge in [0, 0.05) is 13.1 Å². The molecular formula is C10H13ClFNO2S. The van der Waals surface area contributed by atoms with Crippen molar-refractivity contribution in [1.29, 1.82) is 0 Å². The lowest BCUT2D eigenvalue weighted by atomic mass is 10.3. The SMILES string of the molecule is CCN(CC)S(=O)(=O)c1cc(F)ccc1Cl. The van der Waals surface area contributed by atoms with Gasteiger partial charge in [-0.15, -0.1) is 0 Å². The number of sulfonamides is 1. The summed E-state index contributed by atoms with van der Waals surface area (Å²) in [5, 5.41) is 0.0355. The highest BCUT2D eigenvalue weighted by Crippen LogP contribution is 2.25. The van der Waals surface area contributed by atoms with Crippen molar-refractivity contribution in [2.45, 2.75) is 18.7 Å². The van der Waals surface area contributed by atoms with Gasteiger partial charge in [-0.25, -0.2) is 12.8 Å². The number of hydrogen-bond donors (Lipinski definition) is 0. The largest absolute Gasteiger partial charge is 0.244 e. The smallest absolute Gasteiger partial charge is 0.207 e. The Morgan fingerprint density at radius 1 is 1.31 bits per heavy atom. The summed E-state index contributed by atoms with van der Waals surface area (Å²) in [5.74, 6) is -0.616. The van der Waals surface area contributed by atoms with Gasteiger partial charge in [-0.2, -0.15) is 4.31 Å². The van der Waals surface area contributed by atoms with Crippen LogP contribution in [-0.4, -0.2) is 25.8 Å². The third-order valence-corrected chi connectivity index (χ3v) is 4.75. The van der Waals surface area contributed by atoms with Crippen LogP contribution in [-0.2, 0) is 10.0 Å². The predicted molar refractivity (Wildman–Crippen MR) is 61.5 cm³/mol. The summed E-state index contributed by atoms with van der Waals surface area (Å²) < 4.78 is 38.3.